The highest BCUT2D eigenvalue weighted by Crippen LogP contribution is 2.31. The van der Waals surface area contributed by atoms with Crippen molar-refractivity contribution in [3.63, 3.8) is 0 Å². The zero-order valence-electron chi connectivity index (χ0n) is 11.4. The zero-order valence-corrected chi connectivity index (χ0v) is 11.4. The number of hydrogen-bond donors (Lipinski definition) is 5. The molecule has 3 heterocycles. The minimum absolute atomic E-state index is 0.00323. The van der Waals surface area contributed by atoms with Crippen LogP contribution < -0.4 is 0 Å². The molecule has 0 amide bonds. The highest BCUT2D eigenvalue weighted by atomic mass is 16.6. The van der Waals surface area contributed by atoms with Gasteiger partial charge in [0.15, 0.2) is 17.7 Å². The highest BCUT2D eigenvalue weighted by Gasteiger charge is 2.43. The van der Waals surface area contributed by atoms with Gasteiger partial charge in [0, 0.05) is 0 Å². The molecule has 120 valence electrons. The van der Waals surface area contributed by atoms with Crippen LogP contribution in [0.3, 0.4) is 0 Å². The Kier molecular flexibility index (Phi) is 4.04. The topological polar surface area (TPSA) is 154 Å². The summed E-state index contributed by atoms with van der Waals surface area (Å²) in [7, 11) is 0. The summed E-state index contributed by atoms with van der Waals surface area (Å²) >= 11 is 0. The number of aromatic nitrogens is 4. The summed E-state index contributed by atoms with van der Waals surface area (Å²) in [6.07, 6.45) is -2.91. The van der Waals surface area contributed by atoms with Crippen molar-refractivity contribution in [3.05, 3.63) is 18.3 Å². The van der Waals surface area contributed by atoms with Crippen LogP contribution in [0.2, 0.25) is 0 Å². The smallest absolute Gasteiger partial charge is 0.165 e. The molecule has 10 nitrogen and oxygen atoms in total. The molecule has 2 aromatic rings. The van der Waals surface area contributed by atoms with E-state index in [-0.39, 0.29) is 11.5 Å². The summed E-state index contributed by atoms with van der Waals surface area (Å²) in [6, 6.07) is 0. The predicted molar refractivity (Wildman–Crippen MR) is 70.4 cm³/mol. The quantitative estimate of drug-likeness (QED) is 0.411. The molecule has 3 rings (SSSR count). The molecule has 0 aromatic carbocycles. The monoisotopic (exact) mass is 312 g/mol. The fourth-order valence-corrected chi connectivity index (χ4v) is 2.38. The fraction of sp³-hybridized carbons (Fsp3) is 0.583. The Balaban J connectivity index is 2.00. The average Bonchev–Trinajstić information content (AvgIpc) is 3.08. The van der Waals surface area contributed by atoms with E-state index in [1.165, 1.54) is 17.1 Å². The minimum Gasteiger partial charge on any atom is -0.394 e. The lowest BCUT2D eigenvalue weighted by molar-refractivity contribution is -0.0511. The summed E-state index contributed by atoms with van der Waals surface area (Å²) in [5, 5.41) is 47.5. The average molecular weight is 312 g/mol. The van der Waals surface area contributed by atoms with Crippen molar-refractivity contribution in [2.45, 2.75) is 30.6 Å². The van der Waals surface area contributed by atoms with Crippen molar-refractivity contribution in [3.8, 4) is 0 Å². The van der Waals surface area contributed by atoms with Crippen molar-refractivity contribution < 1.29 is 30.3 Å². The first kappa shape index (κ1) is 15.2. The number of fused-ring (bicyclic) bond motifs is 1. The Morgan fingerprint density at radius 1 is 1.23 bits per heavy atom. The van der Waals surface area contributed by atoms with Crippen LogP contribution in [0.4, 0.5) is 0 Å². The normalized spacial score (nSPS) is 30.0. The molecule has 1 aliphatic rings. The summed E-state index contributed by atoms with van der Waals surface area (Å²) in [5.74, 6) is 0.00323. The molecule has 5 unspecified atom stereocenters. The molecule has 22 heavy (non-hydrogen) atoms. The first-order valence-corrected chi connectivity index (χ1v) is 6.67. The van der Waals surface area contributed by atoms with Crippen molar-refractivity contribution in [2.75, 3.05) is 13.2 Å². The van der Waals surface area contributed by atoms with Crippen LogP contribution in [-0.2, 0) is 4.74 Å². The van der Waals surface area contributed by atoms with Gasteiger partial charge >= 0.3 is 0 Å². The molecule has 0 bridgehead atoms. The minimum atomic E-state index is -1.27. The van der Waals surface area contributed by atoms with Crippen LogP contribution >= 0.6 is 0 Å². The van der Waals surface area contributed by atoms with Crippen molar-refractivity contribution in [1.29, 1.82) is 0 Å². The summed E-state index contributed by atoms with van der Waals surface area (Å²) < 4.78 is 6.80. The Bertz CT molecular complexity index is 664. The van der Waals surface area contributed by atoms with Gasteiger partial charge in [-0.05, 0) is 0 Å². The van der Waals surface area contributed by atoms with E-state index >= 15 is 0 Å². The van der Waals surface area contributed by atoms with Gasteiger partial charge in [0.05, 0.1) is 25.7 Å². The molecule has 1 fully saturated rings. The van der Waals surface area contributed by atoms with Gasteiger partial charge in [0.2, 0.25) is 0 Å². The van der Waals surface area contributed by atoms with Gasteiger partial charge in [0.25, 0.3) is 0 Å². The maximum atomic E-state index is 10.0. The maximum absolute atomic E-state index is 10.0. The third-order valence-corrected chi connectivity index (χ3v) is 3.60. The van der Waals surface area contributed by atoms with E-state index in [9.17, 15) is 15.3 Å². The van der Waals surface area contributed by atoms with Crippen LogP contribution in [0.5, 0.6) is 0 Å². The van der Waals surface area contributed by atoms with Gasteiger partial charge in [0.1, 0.15) is 29.9 Å². The van der Waals surface area contributed by atoms with Gasteiger partial charge in [-0.25, -0.2) is 15.0 Å². The molecule has 0 radical (unpaired) electrons. The molecule has 1 aliphatic heterocycles. The van der Waals surface area contributed by atoms with Crippen LogP contribution in [0.15, 0.2) is 12.5 Å². The largest absolute Gasteiger partial charge is 0.394 e. The third kappa shape index (κ3) is 2.35. The lowest BCUT2D eigenvalue weighted by Crippen LogP contribution is -2.33. The number of hydrogen-bond acceptors (Lipinski definition) is 9. The van der Waals surface area contributed by atoms with Gasteiger partial charge in [-0.15, -0.1) is 0 Å². The second-order valence-corrected chi connectivity index (χ2v) is 5.02. The second kappa shape index (κ2) is 5.83. The molecule has 0 spiro atoms. The van der Waals surface area contributed by atoms with E-state index in [0.29, 0.717) is 5.52 Å². The summed E-state index contributed by atoms with van der Waals surface area (Å²) in [5.41, 5.74) is 0.666. The van der Waals surface area contributed by atoms with Gasteiger partial charge in [-0.1, -0.05) is 0 Å². The highest BCUT2D eigenvalue weighted by molar-refractivity contribution is 5.69. The van der Waals surface area contributed by atoms with Crippen molar-refractivity contribution in [2.24, 2.45) is 0 Å². The Hall–Kier alpha value is -1.69. The van der Waals surface area contributed by atoms with Crippen molar-refractivity contribution >= 4 is 11.2 Å². The van der Waals surface area contributed by atoms with Crippen LogP contribution in [0, 0.1) is 0 Å². The van der Waals surface area contributed by atoms with E-state index < -0.39 is 43.9 Å². The molecule has 1 saturated heterocycles. The SMILES string of the molecule is OCC(O)c1ncc2ncn(C3OC(CO)C(O)C3O)c2n1. The predicted octanol–water partition coefficient (Wildman–Crippen LogP) is -2.54. The van der Waals surface area contributed by atoms with Gasteiger partial charge < -0.3 is 30.3 Å². The van der Waals surface area contributed by atoms with Crippen LogP contribution in [-0.4, -0.2) is 76.6 Å². The molecule has 5 N–H and O–H groups in total. The maximum Gasteiger partial charge on any atom is 0.165 e. The number of nitrogens with zero attached hydrogens (tertiary/aromatic N) is 4. The van der Waals surface area contributed by atoms with E-state index in [1.807, 2.05) is 0 Å². The van der Waals surface area contributed by atoms with E-state index in [4.69, 9.17) is 14.9 Å². The first-order valence-electron chi connectivity index (χ1n) is 6.67. The van der Waals surface area contributed by atoms with Crippen LogP contribution in [0.1, 0.15) is 18.2 Å². The number of aliphatic hydroxyl groups is 5. The Labute approximate surface area is 124 Å². The number of aliphatic hydroxyl groups excluding tert-OH is 5. The van der Waals surface area contributed by atoms with E-state index in [0.717, 1.165) is 0 Å². The molecule has 2 aromatic heterocycles. The molecule has 0 aliphatic carbocycles. The first-order chi connectivity index (χ1) is 10.6. The molecular weight excluding hydrogens is 296 g/mol. The lowest BCUT2D eigenvalue weighted by Gasteiger charge is -2.16. The number of rotatable bonds is 4. The van der Waals surface area contributed by atoms with E-state index in [2.05, 4.69) is 15.0 Å². The third-order valence-electron chi connectivity index (χ3n) is 3.60. The molecular formula is C12H16N4O6. The van der Waals surface area contributed by atoms with Crippen molar-refractivity contribution in [1.82, 2.24) is 19.5 Å². The number of imidazole rings is 1. The second-order valence-electron chi connectivity index (χ2n) is 5.02. The molecule has 5 atom stereocenters. The van der Waals surface area contributed by atoms with Gasteiger partial charge in [-0.3, -0.25) is 4.57 Å². The lowest BCUT2D eigenvalue weighted by atomic mass is 10.1. The van der Waals surface area contributed by atoms with E-state index in [1.54, 1.807) is 0 Å². The summed E-state index contributed by atoms with van der Waals surface area (Å²) in [6.45, 7) is -0.974. The number of ether oxygens (including phenoxy) is 1. The van der Waals surface area contributed by atoms with Crippen LogP contribution in [0.25, 0.3) is 11.2 Å². The molecule has 10 heteroatoms. The molecule has 0 saturated carbocycles. The standard InChI is InChI=1S/C12H16N4O6/c17-2-6(19)10-13-1-5-11(15-10)16(4-14-5)12-9(21)8(20)7(3-18)22-12/h1,4,6-9,12,17-21H,2-3H2. The van der Waals surface area contributed by atoms with Gasteiger partial charge in [-0.2, -0.15) is 0 Å². The zero-order chi connectivity index (χ0) is 15.9. The summed E-state index contributed by atoms with van der Waals surface area (Å²) in [4.78, 5) is 12.1. The fourth-order valence-electron chi connectivity index (χ4n) is 2.38. The Morgan fingerprint density at radius 2 is 2.00 bits per heavy atom. The Morgan fingerprint density at radius 3 is 2.64 bits per heavy atom.